The van der Waals surface area contributed by atoms with Crippen LogP contribution in [0.5, 0.6) is 0 Å². The number of halogens is 1. The molecule has 0 aliphatic carbocycles. The molecule has 6 nitrogen and oxygen atoms in total. The molecule has 0 spiro atoms. The van der Waals surface area contributed by atoms with Gasteiger partial charge in [0.2, 0.25) is 0 Å². The molecule has 94 valence electrons. The summed E-state index contributed by atoms with van der Waals surface area (Å²) < 4.78 is 19.3. The molecular formula is C10H13FN2O4. The molecule has 1 aromatic heterocycles. The number of aromatic nitrogens is 2. The van der Waals surface area contributed by atoms with Gasteiger partial charge in [0.1, 0.15) is 18.5 Å². The second-order valence-electron chi connectivity index (χ2n) is 4.10. The first-order valence-corrected chi connectivity index (χ1v) is 5.26. The van der Waals surface area contributed by atoms with Gasteiger partial charge in [-0.2, -0.15) is 0 Å². The van der Waals surface area contributed by atoms with Gasteiger partial charge in [-0.3, -0.25) is 14.3 Å². The Morgan fingerprint density at radius 1 is 1.65 bits per heavy atom. The monoisotopic (exact) mass is 244 g/mol. The molecule has 2 rings (SSSR count). The Kier molecular flexibility index (Phi) is 3.12. The maximum absolute atomic E-state index is 12.8. The third-order valence-corrected chi connectivity index (χ3v) is 2.93. The smallest absolute Gasteiger partial charge is 0.330 e. The number of rotatable bonds is 3. The van der Waals surface area contributed by atoms with Gasteiger partial charge in [0.25, 0.3) is 5.56 Å². The Hall–Kier alpha value is -1.47. The summed E-state index contributed by atoms with van der Waals surface area (Å²) in [4.78, 5) is 24.5. The Morgan fingerprint density at radius 3 is 2.94 bits per heavy atom. The Morgan fingerprint density at radius 2 is 2.41 bits per heavy atom. The van der Waals surface area contributed by atoms with Crippen LogP contribution < -0.4 is 11.2 Å². The molecule has 1 aliphatic heterocycles. The standard InChI is InChI=1S/C10H13FN2O4/c11-5-10(6-14)3-1-8(17-10)13-4-2-7(15)12-9(13)16/h2,4,8,14H,1,3,5-6H2,(H,12,15,16). The maximum Gasteiger partial charge on any atom is 0.330 e. The van der Waals surface area contributed by atoms with E-state index in [4.69, 9.17) is 9.84 Å². The van der Waals surface area contributed by atoms with Gasteiger partial charge in [0.15, 0.2) is 0 Å². The van der Waals surface area contributed by atoms with Crippen LogP contribution >= 0.6 is 0 Å². The normalized spacial score (nSPS) is 28.5. The van der Waals surface area contributed by atoms with Gasteiger partial charge in [0, 0.05) is 12.3 Å². The molecule has 2 heterocycles. The number of H-pyrrole nitrogens is 1. The van der Waals surface area contributed by atoms with Crippen LogP contribution in [0.15, 0.2) is 21.9 Å². The van der Waals surface area contributed by atoms with E-state index in [1.807, 2.05) is 0 Å². The van der Waals surface area contributed by atoms with Gasteiger partial charge in [-0.1, -0.05) is 0 Å². The molecule has 1 aromatic rings. The minimum Gasteiger partial charge on any atom is -0.393 e. The van der Waals surface area contributed by atoms with Crippen LogP contribution in [0.25, 0.3) is 0 Å². The fourth-order valence-electron chi connectivity index (χ4n) is 1.90. The highest BCUT2D eigenvalue weighted by atomic mass is 19.1. The van der Waals surface area contributed by atoms with E-state index in [0.717, 1.165) is 0 Å². The molecule has 0 amide bonds. The second kappa shape index (κ2) is 4.42. The molecule has 2 N–H and O–H groups in total. The molecule has 1 saturated heterocycles. The number of ether oxygens (including phenoxy) is 1. The summed E-state index contributed by atoms with van der Waals surface area (Å²) in [5.74, 6) is 0. The summed E-state index contributed by atoms with van der Waals surface area (Å²) in [7, 11) is 0. The fraction of sp³-hybridized carbons (Fsp3) is 0.600. The van der Waals surface area contributed by atoms with Crippen LogP contribution in [0.4, 0.5) is 4.39 Å². The van der Waals surface area contributed by atoms with Crippen LogP contribution in [-0.2, 0) is 4.74 Å². The number of nitrogens with zero attached hydrogens (tertiary/aromatic N) is 1. The number of hydrogen-bond acceptors (Lipinski definition) is 4. The number of aliphatic hydroxyl groups is 1. The van der Waals surface area contributed by atoms with Crippen molar-refractivity contribution in [2.24, 2.45) is 0 Å². The summed E-state index contributed by atoms with van der Waals surface area (Å²) in [6.45, 7) is -1.24. The van der Waals surface area contributed by atoms with Gasteiger partial charge < -0.3 is 9.84 Å². The molecule has 1 fully saturated rings. The van der Waals surface area contributed by atoms with Crippen LogP contribution in [0.1, 0.15) is 19.1 Å². The molecule has 7 heteroatoms. The largest absolute Gasteiger partial charge is 0.393 e. The van der Waals surface area contributed by atoms with Crippen molar-refractivity contribution in [3.8, 4) is 0 Å². The molecule has 1 aliphatic rings. The average Bonchev–Trinajstić information content (AvgIpc) is 2.74. The molecule has 0 bridgehead atoms. The number of alkyl halides is 1. The van der Waals surface area contributed by atoms with E-state index in [1.54, 1.807) is 0 Å². The van der Waals surface area contributed by atoms with Crippen molar-refractivity contribution in [2.75, 3.05) is 13.3 Å². The maximum atomic E-state index is 12.8. The van der Waals surface area contributed by atoms with Gasteiger partial charge in [-0.25, -0.2) is 9.18 Å². The summed E-state index contributed by atoms with van der Waals surface area (Å²) in [5, 5.41) is 9.08. The lowest BCUT2D eigenvalue weighted by Crippen LogP contribution is -2.37. The zero-order chi connectivity index (χ0) is 12.5. The van der Waals surface area contributed by atoms with E-state index in [9.17, 15) is 14.0 Å². The van der Waals surface area contributed by atoms with Crippen molar-refractivity contribution in [3.05, 3.63) is 33.1 Å². The van der Waals surface area contributed by atoms with Crippen molar-refractivity contribution < 1.29 is 14.2 Å². The number of aromatic amines is 1. The van der Waals surface area contributed by atoms with E-state index < -0.39 is 36.4 Å². The average molecular weight is 244 g/mol. The van der Waals surface area contributed by atoms with Crippen molar-refractivity contribution in [1.29, 1.82) is 0 Å². The highest BCUT2D eigenvalue weighted by molar-refractivity contribution is 4.91. The molecule has 2 unspecified atom stereocenters. The predicted octanol–water partition coefficient (Wildman–Crippen LogP) is -0.454. The van der Waals surface area contributed by atoms with Gasteiger partial charge in [-0.05, 0) is 12.8 Å². The van der Waals surface area contributed by atoms with E-state index in [0.29, 0.717) is 12.8 Å². The highest BCUT2D eigenvalue weighted by Crippen LogP contribution is 2.35. The van der Waals surface area contributed by atoms with E-state index in [2.05, 4.69) is 4.98 Å². The zero-order valence-corrected chi connectivity index (χ0v) is 9.06. The number of hydrogen-bond donors (Lipinski definition) is 2. The molecule has 17 heavy (non-hydrogen) atoms. The SMILES string of the molecule is O=c1ccn(C2CCC(CO)(CF)O2)c(=O)[nH]1. The summed E-state index contributed by atoms with van der Waals surface area (Å²) in [6, 6.07) is 1.19. The number of aliphatic hydroxyl groups excluding tert-OH is 1. The second-order valence-corrected chi connectivity index (χ2v) is 4.10. The van der Waals surface area contributed by atoms with Crippen molar-refractivity contribution >= 4 is 0 Å². The van der Waals surface area contributed by atoms with E-state index in [-0.39, 0.29) is 0 Å². The molecular weight excluding hydrogens is 231 g/mol. The lowest BCUT2D eigenvalue weighted by Gasteiger charge is -2.23. The molecule has 0 aromatic carbocycles. The molecule has 2 atom stereocenters. The minimum atomic E-state index is -1.22. The minimum absolute atomic E-state index is 0.330. The summed E-state index contributed by atoms with van der Waals surface area (Å²) >= 11 is 0. The van der Waals surface area contributed by atoms with Crippen LogP contribution in [0.3, 0.4) is 0 Å². The third-order valence-electron chi connectivity index (χ3n) is 2.93. The van der Waals surface area contributed by atoms with E-state index >= 15 is 0 Å². The fourth-order valence-corrected chi connectivity index (χ4v) is 1.90. The third kappa shape index (κ3) is 2.16. The Labute approximate surface area is 95.7 Å². The number of nitrogens with one attached hydrogen (secondary N) is 1. The highest BCUT2D eigenvalue weighted by Gasteiger charge is 2.41. The first kappa shape index (κ1) is 12.0. The van der Waals surface area contributed by atoms with Crippen LogP contribution in [-0.4, -0.2) is 33.5 Å². The molecule has 0 radical (unpaired) electrons. The lowest BCUT2D eigenvalue weighted by molar-refractivity contribution is -0.109. The van der Waals surface area contributed by atoms with Gasteiger partial charge >= 0.3 is 5.69 Å². The van der Waals surface area contributed by atoms with Gasteiger partial charge in [-0.15, -0.1) is 0 Å². The zero-order valence-electron chi connectivity index (χ0n) is 9.06. The summed E-state index contributed by atoms with van der Waals surface area (Å²) in [6.07, 6.45) is 1.40. The summed E-state index contributed by atoms with van der Waals surface area (Å²) in [5.41, 5.74) is -2.32. The predicted molar refractivity (Wildman–Crippen MR) is 56.5 cm³/mol. The van der Waals surface area contributed by atoms with E-state index in [1.165, 1.54) is 16.8 Å². The van der Waals surface area contributed by atoms with Crippen LogP contribution in [0, 0.1) is 0 Å². The lowest BCUT2D eigenvalue weighted by atomic mass is 10.0. The Balaban J connectivity index is 2.26. The first-order chi connectivity index (χ1) is 8.10. The van der Waals surface area contributed by atoms with Crippen molar-refractivity contribution in [3.63, 3.8) is 0 Å². The van der Waals surface area contributed by atoms with Crippen molar-refractivity contribution in [1.82, 2.24) is 9.55 Å². The van der Waals surface area contributed by atoms with Crippen molar-refractivity contribution in [2.45, 2.75) is 24.7 Å². The quantitative estimate of drug-likeness (QED) is 0.754. The molecule has 0 saturated carbocycles. The first-order valence-electron chi connectivity index (χ1n) is 5.26. The van der Waals surface area contributed by atoms with Crippen LogP contribution in [0.2, 0.25) is 0 Å². The topological polar surface area (TPSA) is 84.3 Å². The Bertz CT molecular complexity index is 506. The van der Waals surface area contributed by atoms with Gasteiger partial charge in [0.05, 0.1) is 6.61 Å².